The number of methoxy groups -OCH3 is 1. The number of carbonyl (C=O) groups excluding carboxylic acids is 1. The van der Waals surface area contributed by atoms with Crippen LogP contribution < -0.4 is 4.74 Å². The van der Waals surface area contributed by atoms with Gasteiger partial charge in [-0.05, 0) is 74.2 Å². The largest absolute Gasteiger partial charge is 0.487 e. The Bertz CT molecular complexity index is 1200. The third kappa shape index (κ3) is 5.56. The normalized spacial score (nSPS) is 16.3. The number of nitrogens with zero attached hydrogens (tertiary/aromatic N) is 2. The number of benzene rings is 2. The summed E-state index contributed by atoms with van der Waals surface area (Å²) in [6.45, 7) is 5.41. The number of aryl methyl sites for hydroxylation is 1. The summed E-state index contributed by atoms with van der Waals surface area (Å²) >= 11 is 0. The van der Waals surface area contributed by atoms with E-state index in [1.807, 2.05) is 18.2 Å². The first kappa shape index (κ1) is 25.8. The maximum Gasteiger partial charge on any atom is 0.416 e. The lowest BCUT2D eigenvalue weighted by Crippen LogP contribution is -2.36. The maximum atomic E-state index is 12.8. The van der Waals surface area contributed by atoms with Crippen molar-refractivity contribution in [1.29, 1.82) is 0 Å². The van der Waals surface area contributed by atoms with E-state index in [9.17, 15) is 18.0 Å². The molecule has 6 nitrogen and oxygen atoms in total. The second-order valence-corrected chi connectivity index (χ2v) is 8.78. The van der Waals surface area contributed by atoms with Crippen molar-refractivity contribution in [3.05, 3.63) is 70.6 Å². The van der Waals surface area contributed by atoms with Crippen molar-refractivity contribution in [2.75, 3.05) is 13.7 Å². The van der Waals surface area contributed by atoms with Crippen molar-refractivity contribution in [3.63, 3.8) is 0 Å². The topological polar surface area (TPSA) is 64.8 Å². The molecule has 192 valence electrons. The highest BCUT2D eigenvalue weighted by molar-refractivity contribution is 5.76. The zero-order valence-electron chi connectivity index (χ0n) is 20.5. The van der Waals surface area contributed by atoms with Crippen molar-refractivity contribution >= 4 is 5.97 Å². The molecule has 36 heavy (non-hydrogen) atoms. The highest BCUT2D eigenvalue weighted by atomic mass is 19.4. The monoisotopic (exact) mass is 502 g/mol. The smallest absolute Gasteiger partial charge is 0.416 e. The van der Waals surface area contributed by atoms with Crippen molar-refractivity contribution < 1.29 is 31.9 Å². The molecule has 4 rings (SSSR count). The molecule has 2 heterocycles. The van der Waals surface area contributed by atoms with Gasteiger partial charge in [-0.15, -0.1) is 0 Å². The van der Waals surface area contributed by atoms with Crippen LogP contribution in [-0.2, 0) is 35.3 Å². The van der Waals surface area contributed by atoms with Gasteiger partial charge in [0.15, 0.2) is 0 Å². The van der Waals surface area contributed by atoms with Gasteiger partial charge in [-0.3, -0.25) is 9.69 Å². The minimum absolute atomic E-state index is 0.154. The zero-order chi connectivity index (χ0) is 25.9. The predicted molar refractivity (Wildman–Crippen MR) is 127 cm³/mol. The fourth-order valence-corrected chi connectivity index (χ4v) is 4.57. The van der Waals surface area contributed by atoms with Gasteiger partial charge in [-0.2, -0.15) is 13.2 Å². The van der Waals surface area contributed by atoms with Gasteiger partial charge < -0.3 is 13.9 Å². The first-order chi connectivity index (χ1) is 17.2. The predicted octanol–water partition coefficient (Wildman–Crippen LogP) is 5.95. The summed E-state index contributed by atoms with van der Waals surface area (Å²) in [5, 5.41) is 0. The molecule has 0 radical (unpaired) electrons. The Labute approximate surface area is 208 Å². The Balaban J connectivity index is 1.48. The van der Waals surface area contributed by atoms with Gasteiger partial charge in [-0.1, -0.05) is 19.1 Å². The summed E-state index contributed by atoms with van der Waals surface area (Å²) in [5.41, 5.74) is 2.45. The number of halogens is 3. The molecule has 0 bridgehead atoms. The molecular formula is C27H29F3N2O4. The first-order valence-corrected chi connectivity index (χ1v) is 11.9. The van der Waals surface area contributed by atoms with E-state index in [0.717, 1.165) is 54.8 Å². The standard InChI is InChI=1S/C27H29F3N2O4/c1-4-21-19(15-32-14-6-8-23(32)26(33)34-3)7-5-9-24(21)35-16-22-17(2)36-25(31-22)18-10-12-20(13-11-18)27(28,29)30/h5,7,9-13,23H,4,6,8,14-16H2,1-3H3. The first-order valence-electron chi connectivity index (χ1n) is 11.9. The lowest BCUT2D eigenvalue weighted by molar-refractivity contribution is -0.146. The SMILES string of the molecule is CCc1c(CN2CCCC2C(=O)OC)cccc1OCc1nc(-c2ccc(C(F)(F)F)cc2)oc1C. The lowest BCUT2D eigenvalue weighted by atomic mass is 10.0. The number of hydrogen-bond donors (Lipinski definition) is 0. The van der Waals surface area contributed by atoms with Crippen LogP contribution in [0.5, 0.6) is 5.75 Å². The van der Waals surface area contributed by atoms with Crippen LogP contribution in [0.3, 0.4) is 0 Å². The Morgan fingerprint density at radius 1 is 1.19 bits per heavy atom. The van der Waals surface area contributed by atoms with Gasteiger partial charge in [0.25, 0.3) is 0 Å². The van der Waals surface area contributed by atoms with E-state index in [0.29, 0.717) is 23.6 Å². The van der Waals surface area contributed by atoms with Gasteiger partial charge in [0.05, 0.1) is 12.7 Å². The Morgan fingerprint density at radius 3 is 2.61 bits per heavy atom. The molecule has 1 atom stereocenters. The number of alkyl halides is 3. The van der Waals surface area contributed by atoms with Crippen LogP contribution in [0.25, 0.3) is 11.5 Å². The van der Waals surface area contributed by atoms with Gasteiger partial charge in [0.1, 0.15) is 29.9 Å². The number of aromatic nitrogens is 1. The quantitative estimate of drug-likeness (QED) is 0.355. The van der Waals surface area contributed by atoms with Crippen LogP contribution in [0.2, 0.25) is 0 Å². The molecular weight excluding hydrogens is 473 g/mol. The number of likely N-dealkylation sites (tertiary alicyclic amines) is 1. The minimum atomic E-state index is -4.40. The molecule has 1 aliphatic rings. The molecule has 1 unspecified atom stereocenters. The van der Waals surface area contributed by atoms with E-state index in [1.165, 1.54) is 19.2 Å². The van der Waals surface area contributed by atoms with E-state index < -0.39 is 11.7 Å². The summed E-state index contributed by atoms with van der Waals surface area (Å²) in [6.07, 6.45) is -1.91. The van der Waals surface area contributed by atoms with Crippen LogP contribution in [0.15, 0.2) is 46.9 Å². The fraction of sp³-hybridized carbons (Fsp3) is 0.407. The third-order valence-electron chi connectivity index (χ3n) is 6.51. The fourth-order valence-electron chi connectivity index (χ4n) is 4.57. The summed E-state index contributed by atoms with van der Waals surface area (Å²) in [5.74, 6) is 1.30. The van der Waals surface area contributed by atoms with Crippen LogP contribution in [0.1, 0.15) is 47.9 Å². The van der Waals surface area contributed by atoms with E-state index >= 15 is 0 Å². The second kappa shape index (κ2) is 10.7. The van der Waals surface area contributed by atoms with Crippen LogP contribution in [0.4, 0.5) is 13.2 Å². The van der Waals surface area contributed by atoms with Crippen LogP contribution in [0, 0.1) is 6.92 Å². The number of carbonyl (C=O) groups is 1. The summed E-state index contributed by atoms with van der Waals surface area (Å²) < 4.78 is 55.3. The average molecular weight is 503 g/mol. The Hall–Kier alpha value is -3.33. The van der Waals surface area contributed by atoms with E-state index in [1.54, 1.807) is 6.92 Å². The maximum absolute atomic E-state index is 12.8. The van der Waals surface area contributed by atoms with E-state index in [-0.39, 0.29) is 24.5 Å². The molecule has 9 heteroatoms. The van der Waals surface area contributed by atoms with Gasteiger partial charge in [0, 0.05) is 12.1 Å². The van der Waals surface area contributed by atoms with Crippen LogP contribution >= 0.6 is 0 Å². The molecule has 1 aliphatic heterocycles. The minimum Gasteiger partial charge on any atom is -0.487 e. The lowest BCUT2D eigenvalue weighted by Gasteiger charge is -2.24. The molecule has 0 amide bonds. The van der Waals surface area contributed by atoms with Crippen molar-refractivity contribution in [2.24, 2.45) is 0 Å². The zero-order valence-corrected chi connectivity index (χ0v) is 20.5. The van der Waals surface area contributed by atoms with Crippen molar-refractivity contribution in [3.8, 4) is 17.2 Å². The van der Waals surface area contributed by atoms with Gasteiger partial charge in [-0.25, -0.2) is 4.98 Å². The van der Waals surface area contributed by atoms with Gasteiger partial charge in [0.2, 0.25) is 5.89 Å². The van der Waals surface area contributed by atoms with Gasteiger partial charge >= 0.3 is 12.1 Å². The van der Waals surface area contributed by atoms with Crippen molar-refractivity contribution in [2.45, 2.75) is 58.5 Å². The Kier molecular flexibility index (Phi) is 7.68. The highest BCUT2D eigenvalue weighted by Gasteiger charge is 2.32. The average Bonchev–Trinajstić information content (AvgIpc) is 3.48. The second-order valence-electron chi connectivity index (χ2n) is 8.78. The molecule has 1 fully saturated rings. The molecule has 3 aromatic rings. The number of oxazole rings is 1. The number of hydrogen-bond acceptors (Lipinski definition) is 6. The summed E-state index contributed by atoms with van der Waals surface area (Å²) in [4.78, 5) is 18.7. The molecule has 2 aromatic carbocycles. The number of rotatable bonds is 8. The highest BCUT2D eigenvalue weighted by Crippen LogP contribution is 2.32. The van der Waals surface area contributed by atoms with Crippen molar-refractivity contribution in [1.82, 2.24) is 9.88 Å². The molecule has 1 saturated heterocycles. The van der Waals surface area contributed by atoms with E-state index in [4.69, 9.17) is 13.9 Å². The summed E-state index contributed by atoms with van der Waals surface area (Å²) in [7, 11) is 1.42. The number of ether oxygens (including phenoxy) is 2. The molecule has 0 aliphatic carbocycles. The third-order valence-corrected chi connectivity index (χ3v) is 6.51. The molecule has 0 N–H and O–H groups in total. The molecule has 0 spiro atoms. The summed E-state index contributed by atoms with van der Waals surface area (Å²) in [6, 6.07) is 10.3. The number of esters is 1. The molecule has 1 aromatic heterocycles. The molecule has 0 saturated carbocycles. The van der Waals surface area contributed by atoms with Crippen LogP contribution in [-0.4, -0.2) is 35.5 Å². The Morgan fingerprint density at radius 2 is 1.94 bits per heavy atom. The van der Waals surface area contributed by atoms with E-state index in [2.05, 4.69) is 16.8 Å².